The minimum absolute atomic E-state index is 0.127. The first-order chi connectivity index (χ1) is 7.23. The van der Waals surface area contributed by atoms with E-state index < -0.39 is 12.1 Å². The van der Waals surface area contributed by atoms with Crippen molar-refractivity contribution in [2.24, 2.45) is 0 Å². The lowest BCUT2D eigenvalue weighted by molar-refractivity contribution is -0.192. The molecular formula is C8H12F3NO4. The van der Waals surface area contributed by atoms with E-state index in [9.17, 15) is 18.0 Å². The normalized spacial score (nSPS) is 19.6. The zero-order chi connectivity index (χ0) is 12.8. The van der Waals surface area contributed by atoms with Gasteiger partial charge in [-0.2, -0.15) is 13.2 Å². The number of carbonyl (C=O) groups excluding carboxylic acids is 1. The second-order valence-corrected chi connectivity index (χ2v) is 3.03. The van der Waals surface area contributed by atoms with Crippen molar-refractivity contribution in [3.8, 4) is 0 Å². The molecule has 0 aliphatic carbocycles. The molecule has 0 radical (unpaired) electrons. The van der Waals surface area contributed by atoms with Gasteiger partial charge in [0.15, 0.2) is 0 Å². The number of aliphatic carboxylic acids is 1. The second-order valence-electron chi connectivity index (χ2n) is 3.03. The summed E-state index contributed by atoms with van der Waals surface area (Å²) in [5, 5.41) is 10.2. The Balaban J connectivity index is 0.000000293. The number of nitrogens with one attached hydrogen (secondary N) is 1. The molecule has 5 nitrogen and oxygen atoms in total. The van der Waals surface area contributed by atoms with E-state index in [1.54, 1.807) is 0 Å². The van der Waals surface area contributed by atoms with Gasteiger partial charge in [-0.15, -0.1) is 0 Å². The molecule has 1 aliphatic heterocycles. The molecule has 1 saturated heterocycles. The summed E-state index contributed by atoms with van der Waals surface area (Å²) >= 11 is 0. The van der Waals surface area contributed by atoms with Crippen molar-refractivity contribution >= 4 is 11.9 Å². The fourth-order valence-electron chi connectivity index (χ4n) is 0.963. The maximum atomic E-state index is 10.6. The van der Waals surface area contributed by atoms with Crippen LogP contribution in [0.1, 0.15) is 13.3 Å². The largest absolute Gasteiger partial charge is 0.490 e. The lowest BCUT2D eigenvalue weighted by Gasteiger charge is -2.06. The van der Waals surface area contributed by atoms with Crippen LogP contribution in [0.3, 0.4) is 0 Å². The first kappa shape index (κ1) is 14.7. The van der Waals surface area contributed by atoms with Gasteiger partial charge in [-0.1, -0.05) is 0 Å². The SMILES string of the molecule is CC(=O)O[C@H]1CCNC1.O=C(O)C(F)(F)F. The smallest absolute Gasteiger partial charge is 0.475 e. The second kappa shape index (κ2) is 6.31. The number of hydrogen-bond donors (Lipinski definition) is 2. The van der Waals surface area contributed by atoms with Gasteiger partial charge < -0.3 is 15.2 Å². The molecule has 0 bridgehead atoms. The Hall–Kier alpha value is -1.31. The summed E-state index contributed by atoms with van der Waals surface area (Å²) in [4.78, 5) is 19.2. The van der Waals surface area contributed by atoms with E-state index in [2.05, 4.69) is 5.32 Å². The lowest BCUT2D eigenvalue weighted by atomic mass is 10.3. The van der Waals surface area contributed by atoms with Crippen molar-refractivity contribution in [3.63, 3.8) is 0 Å². The standard InChI is InChI=1S/C6H11NO2.C2HF3O2/c1-5(8)9-6-2-3-7-4-6;3-2(4,5)1(6)7/h6-7H,2-4H2,1H3;(H,6,7)/t6-;/m0./s1. The summed E-state index contributed by atoms with van der Waals surface area (Å²) < 4.78 is 36.6. The summed E-state index contributed by atoms with van der Waals surface area (Å²) in [6.07, 6.45) is -4.00. The third-order valence-corrected chi connectivity index (χ3v) is 1.59. The number of alkyl halides is 3. The molecule has 1 heterocycles. The first-order valence-electron chi connectivity index (χ1n) is 4.41. The van der Waals surface area contributed by atoms with Crippen LogP contribution in [0.4, 0.5) is 13.2 Å². The average molecular weight is 243 g/mol. The van der Waals surface area contributed by atoms with Gasteiger partial charge in [-0.3, -0.25) is 4.79 Å². The van der Waals surface area contributed by atoms with Crippen LogP contribution >= 0.6 is 0 Å². The summed E-state index contributed by atoms with van der Waals surface area (Å²) in [5.41, 5.74) is 0. The molecule has 0 aromatic rings. The predicted octanol–water partition coefficient (Wildman–Crippen LogP) is 0.545. The highest BCUT2D eigenvalue weighted by Gasteiger charge is 2.38. The molecule has 1 aliphatic rings. The Morgan fingerprint density at radius 1 is 1.44 bits per heavy atom. The van der Waals surface area contributed by atoms with E-state index in [-0.39, 0.29) is 12.1 Å². The zero-order valence-electron chi connectivity index (χ0n) is 8.50. The summed E-state index contributed by atoms with van der Waals surface area (Å²) in [6, 6.07) is 0. The maximum Gasteiger partial charge on any atom is 0.490 e. The van der Waals surface area contributed by atoms with E-state index >= 15 is 0 Å². The van der Waals surface area contributed by atoms with Crippen molar-refractivity contribution < 1.29 is 32.6 Å². The summed E-state index contributed by atoms with van der Waals surface area (Å²) in [6.45, 7) is 3.23. The number of carboxylic acid groups (broad SMARTS) is 1. The number of ether oxygens (including phenoxy) is 1. The molecule has 1 atom stereocenters. The van der Waals surface area contributed by atoms with Gasteiger partial charge >= 0.3 is 18.1 Å². The monoisotopic (exact) mass is 243 g/mol. The zero-order valence-corrected chi connectivity index (χ0v) is 8.50. The van der Waals surface area contributed by atoms with Crippen molar-refractivity contribution in [2.45, 2.75) is 25.6 Å². The van der Waals surface area contributed by atoms with Gasteiger partial charge in [0.2, 0.25) is 0 Å². The number of carboxylic acids is 1. The highest BCUT2D eigenvalue weighted by Crippen LogP contribution is 2.13. The lowest BCUT2D eigenvalue weighted by Crippen LogP contribution is -2.21. The fourth-order valence-corrected chi connectivity index (χ4v) is 0.963. The van der Waals surface area contributed by atoms with E-state index in [0.29, 0.717) is 0 Å². The van der Waals surface area contributed by atoms with Crippen LogP contribution in [0.5, 0.6) is 0 Å². The summed E-state index contributed by atoms with van der Waals surface area (Å²) in [7, 11) is 0. The minimum atomic E-state index is -5.08. The molecule has 0 aromatic carbocycles. The van der Waals surface area contributed by atoms with Crippen LogP contribution in [-0.2, 0) is 14.3 Å². The minimum Gasteiger partial charge on any atom is -0.475 e. The highest BCUT2D eigenvalue weighted by atomic mass is 19.4. The molecule has 0 saturated carbocycles. The van der Waals surface area contributed by atoms with Crippen molar-refractivity contribution in [1.29, 1.82) is 0 Å². The number of rotatable bonds is 1. The van der Waals surface area contributed by atoms with Crippen molar-refractivity contribution in [3.05, 3.63) is 0 Å². The van der Waals surface area contributed by atoms with Crippen LogP contribution in [0.15, 0.2) is 0 Å². The molecule has 94 valence electrons. The third-order valence-electron chi connectivity index (χ3n) is 1.59. The van der Waals surface area contributed by atoms with E-state index in [1.807, 2.05) is 0 Å². The Labute approximate surface area is 89.6 Å². The number of carbonyl (C=O) groups is 2. The van der Waals surface area contributed by atoms with Crippen molar-refractivity contribution in [2.75, 3.05) is 13.1 Å². The van der Waals surface area contributed by atoms with Gasteiger partial charge in [0, 0.05) is 13.5 Å². The molecular weight excluding hydrogens is 231 g/mol. The molecule has 1 fully saturated rings. The van der Waals surface area contributed by atoms with Gasteiger partial charge in [0.25, 0.3) is 0 Å². The van der Waals surface area contributed by atoms with Crippen LogP contribution in [0.2, 0.25) is 0 Å². The molecule has 0 aromatic heterocycles. The molecule has 0 amide bonds. The number of hydrogen-bond acceptors (Lipinski definition) is 4. The van der Waals surface area contributed by atoms with Gasteiger partial charge in [0.05, 0.1) is 0 Å². The highest BCUT2D eigenvalue weighted by molar-refractivity contribution is 5.73. The van der Waals surface area contributed by atoms with Crippen LogP contribution in [0, 0.1) is 0 Å². The van der Waals surface area contributed by atoms with E-state index in [0.717, 1.165) is 19.5 Å². The third kappa shape index (κ3) is 7.04. The Morgan fingerprint density at radius 3 is 2.19 bits per heavy atom. The predicted molar refractivity (Wildman–Crippen MR) is 46.7 cm³/mol. The summed E-state index contributed by atoms with van der Waals surface area (Å²) in [5.74, 6) is -2.93. The number of halogens is 3. The number of esters is 1. The molecule has 0 spiro atoms. The Morgan fingerprint density at radius 2 is 1.94 bits per heavy atom. The van der Waals surface area contributed by atoms with Gasteiger partial charge in [0.1, 0.15) is 6.10 Å². The maximum absolute atomic E-state index is 10.6. The van der Waals surface area contributed by atoms with E-state index in [1.165, 1.54) is 6.92 Å². The fraction of sp³-hybridized carbons (Fsp3) is 0.750. The topological polar surface area (TPSA) is 75.6 Å². The average Bonchev–Trinajstić information content (AvgIpc) is 2.54. The van der Waals surface area contributed by atoms with Crippen molar-refractivity contribution in [1.82, 2.24) is 5.32 Å². The van der Waals surface area contributed by atoms with E-state index in [4.69, 9.17) is 14.6 Å². The Kier molecular flexibility index (Phi) is 5.79. The van der Waals surface area contributed by atoms with Crippen LogP contribution in [0.25, 0.3) is 0 Å². The van der Waals surface area contributed by atoms with Crippen LogP contribution < -0.4 is 5.32 Å². The van der Waals surface area contributed by atoms with Crippen LogP contribution in [-0.4, -0.2) is 42.4 Å². The quantitative estimate of drug-likeness (QED) is 0.657. The molecule has 16 heavy (non-hydrogen) atoms. The van der Waals surface area contributed by atoms with Gasteiger partial charge in [-0.25, -0.2) is 4.79 Å². The van der Waals surface area contributed by atoms with Gasteiger partial charge in [-0.05, 0) is 13.0 Å². The molecule has 8 heteroatoms. The Bertz CT molecular complexity index is 248. The first-order valence-corrected chi connectivity index (χ1v) is 4.41. The molecule has 0 unspecified atom stereocenters. The molecule has 1 rings (SSSR count). The molecule has 2 N–H and O–H groups in total.